The lowest BCUT2D eigenvalue weighted by Crippen LogP contribution is -2.45. The van der Waals surface area contributed by atoms with Gasteiger partial charge < -0.3 is 5.32 Å². The maximum Gasteiger partial charge on any atom is 0.227 e. The molecule has 2 aliphatic rings. The Hall–Kier alpha value is -2.51. The van der Waals surface area contributed by atoms with Crippen LogP contribution in [-0.4, -0.2) is 11.9 Å². The molecule has 178 valence electrons. The summed E-state index contributed by atoms with van der Waals surface area (Å²) in [6.45, 7) is 2.09. The van der Waals surface area contributed by atoms with Crippen molar-refractivity contribution in [2.24, 2.45) is 11.3 Å². The van der Waals surface area contributed by atoms with Crippen LogP contribution in [-0.2, 0) is 11.2 Å². The second-order valence-electron chi connectivity index (χ2n) is 9.78. The van der Waals surface area contributed by atoms with Crippen LogP contribution in [0.25, 0.3) is 0 Å². The second-order valence-corrected chi connectivity index (χ2v) is 11.1. The monoisotopic (exact) mass is 522 g/mol. The van der Waals surface area contributed by atoms with E-state index < -0.39 is 5.41 Å². The number of benzene rings is 3. The zero-order valence-electron chi connectivity index (χ0n) is 19.3. The fourth-order valence-electron chi connectivity index (χ4n) is 6.53. The molecule has 5 atom stereocenters. The van der Waals surface area contributed by atoms with E-state index in [9.17, 15) is 10.1 Å². The van der Waals surface area contributed by atoms with Gasteiger partial charge in [-0.15, -0.1) is 0 Å². The summed E-state index contributed by atoms with van der Waals surface area (Å²) >= 11 is 19.2. The summed E-state index contributed by atoms with van der Waals surface area (Å²) in [5.41, 5.74) is 3.11. The third-order valence-electron chi connectivity index (χ3n) is 7.97. The first kappa shape index (κ1) is 24.2. The Morgan fingerprint density at radius 2 is 1.74 bits per heavy atom. The number of nitrogens with one attached hydrogen (secondary N) is 1. The first-order valence-electron chi connectivity index (χ1n) is 11.8. The molecule has 0 unspecified atom stereocenters. The summed E-state index contributed by atoms with van der Waals surface area (Å²) in [4.78, 5) is 13.7. The zero-order valence-corrected chi connectivity index (χ0v) is 21.5. The average molecular weight is 524 g/mol. The van der Waals surface area contributed by atoms with Crippen LogP contribution in [0.1, 0.15) is 53.9 Å². The van der Waals surface area contributed by atoms with E-state index in [4.69, 9.17) is 34.8 Å². The highest BCUT2D eigenvalue weighted by Crippen LogP contribution is 2.60. The number of fused-ring (bicyclic) bond motifs is 1. The van der Waals surface area contributed by atoms with Crippen molar-refractivity contribution in [1.29, 1.82) is 5.26 Å². The summed E-state index contributed by atoms with van der Waals surface area (Å²) in [7, 11) is 0. The largest absolute Gasteiger partial charge is 0.353 e. The molecule has 3 nitrogen and oxygen atoms in total. The van der Waals surface area contributed by atoms with Crippen LogP contribution in [0.15, 0.2) is 66.7 Å². The molecule has 5 rings (SSSR count). The summed E-state index contributed by atoms with van der Waals surface area (Å²) in [5.74, 6) is 0.221. The normalized spacial score (nSPS) is 27.7. The van der Waals surface area contributed by atoms with E-state index in [0.717, 1.165) is 23.1 Å². The van der Waals surface area contributed by atoms with Crippen molar-refractivity contribution in [3.63, 3.8) is 0 Å². The molecule has 0 spiro atoms. The molecule has 1 amide bonds. The Kier molecular flexibility index (Phi) is 6.57. The predicted molar refractivity (Wildman–Crippen MR) is 141 cm³/mol. The SMILES string of the molecule is C[C@H]1NC(=O)[C@]2(Cc3ccccc3C#N)CC[C@@H](c3ccc(Cl)cc3Cl)[C@H](c3ccc(Cl)cc3)[C@H]12. The van der Waals surface area contributed by atoms with Gasteiger partial charge in [-0.3, -0.25) is 4.79 Å². The van der Waals surface area contributed by atoms with Gasteiger partial charge in [-0.1, -0.05) is 71.2 Å². The van der Waals surface area contributed by atoms with Gasteiger partial charge in [-0.05, 0) is 85.0 Å². The number of rotatable bonds is 4. The molecule has 0 bridgehead atoms. The third-order valence-corrected chi connectivity index (χ3v) is 8.78. The number of hydrogen-bond acceptors (Lipinski definition) is 2. The minimum atomic E-state index is -0.619. The van der Waals surface area contributed by atoms with Crippen molar-refractivity contribution in [2.75, 3.05) is 0 Å². The highest BCUT2D eigenvalue weighted by Gasteiger charge is 2.60. The van der Waals surface area contributed by atoms with Crippen LogP contribution >= 0.6 is 34.8 Å². The molecule has 1 N–H and O–H groups in total. The van der Waals surface area contributed by atoms with Crippen LogP contribution < -0.4 is 5.32 Å². The number of carbonyl (C=O) groups excluding carboxylic acids is 1. The van der Waals surface area contributed by atoms with Crippen LogP contribution in [0.5, 0.6) is 0 Å². The van der Waals surface area contributed by atoms with Crippen LogP contribution in [0.2, 0.25) is 15.1 Å². The van der Waals surface area contributed by atoms with Gasteiger partial charge >= 0.3 is 0 Å². The number of amides is 1. The van der Waals surface area contributed by atoms with Gasteiger partial charge in [0.05, 0.1) is 17.0 Å². The Morgan fingerprint density at radius 3 is 2.46 bits per heavy atom. The van der Waals surface area contributed by atoms with Gasteiger partial charge in [0, 0.05) is 27.0 Å². The molecule has 0 radical (unpaired) electrons. The molecule has 1 heterocycles. The highest BCUT2D eigenvalue weighted by atomic mass is 35.5. The van der Waals surface area contributed by atoms with Gasteiger partial charge in [0.1, 0.15) is 0 Å². The van der Waals surface area contributed by atoms with Crippen molar-refractivity contribution >= 4 is 40.7 Å². The fourth-order valence-corrected chi connectivity index (χ4v) is 7.21. The minimum Gasteiger partial charge on any atom is -0.353 e. The van der Waals surface area contributed by atoms with Crippen molar-refractivity contribution in [2.45, 2.75) is 44.1 Å². The molecule has 1 saturated heterocycles. The van der Waals surface area contributed by atoms with E-state index in [0.29, 0.717) is 33.5 Å². The maximum atomic E-state index is 13.7. The summed E-state index contributed by atoms with van der Waals surface area (Å²) < 4.78 is 0. The average Bonchev–Trinajstić information content (AvgIpc) is 3.09. The standard InChI is InChI=1S/C29H25Cl3N2O/c1-17-27-26(18-6-8-21(30)9-7-18)24(23-11-10-22(31)14-25(23)32)12-13-29(27,28(35)34-17)15-19-4-2-3-5-20(19)16-33/h2-11,14,17,24,26-27H,12-13,15H2,1H3,(H,34,35)/t17-,24+,26+,27+,29+/m1/s1. The number of halogens is 3. The van der Waals surface area contributed by atoms with E-state index in [1.807, 2.05) is 48.5 Å². The van der Waals surface area contributed by atoms with Crippen LogP contribution in [0.4, 0.5) is 0 Å². The van der Waals surface area contributed by atoms with E-state index in [1.54, 1.807) is 6.07 Å². The van der Waals surface area contributed by atoms with Gasteiger partial charge in [0.15, 0.2) is 0 Å². The smallest absolute Gasteiger partial charge is 0.227 e. The van der Waals surface area contributed by atoms with E-state index >= 15 is 0 Å². The van der Waals surface area contributed by atoms with Gasteiger partial charge in [0.2, 0.25) is 5.91 Å². The topological polar surface area (TPSA) is 52.9 Å². The molecular formula is C29H25Cl3N2O. The Labute approximate surface area is 221 Å². The van der Waals surface area contributed by atoms with Crippen molar-refractivity contribution < 1.29 is 4.79 Å². The Bertz CT molecular complexity index is 1320. The fraction of sp³-hybridized carbons (Fsp3) is 0.310. The van der Waals surface area contributed by atoms with Gasteiger partial charge in [0.25, 0.3) is 0 Å². The number of hydrogen-bond donors (Lipinski definition) is 1. The van der Waals surface area contributed by atoms with Crippen molar-refractivity contribution in [1.82, 2.24) is 5.32 Å². The summed E-state index contributed by atoms with van der Waals surface area (Å²) in [6.07, 6.45) is 2.03. The molecule has 35 heavy (non-hydrogen) atoms. The molecule has 3 aromatic carbocycles. The molecule has 0 aromatic heterocycles. The lowest BCUT2D eigenvalue weighted by molar-refractivity contribution is -0.131. The van der Waals surface area contributed by atoms with E-state index in [2.05, 4.69) is 30.4 Å². The van der Waals surface area contributed by atoms with Crippen molar-refractivity contribution in [3.8, 4) is 6.07 Å². The predicted octanol–water partition coefficient (Wildman–Crippen LogP) is 7.54. The minimum absolute atomic E-state index is 0.00780. The quantitative estimate of drug-likeness (QED) is 0.384. The third kappa shape index (κ3) is 4.23. The van der Waals surface area contributed by atoms with Gasteiger partial charge in [-0.25, -0.2) is 0 Å². The lowest BCUT2D eigenvalue weighted by Gasteiger charge is -2.48. The zero-order chi connectivity index (χ0) is 24.7. The van der Waals surface area contributed by atoms with Crippen molar-refractivity contribution in [3.05, 3.63) is 104 Å². The number of nitrogens with zero attached hydrogens (tertiary/aromatic N) is 1. The number of carbonyl (C=O) groups is 1. The highest BCUT2D eigenvalue weighted by molar-refractivity contribution is 6.35. The Balaban J connectivity index is 1.66. The second kappa shape index (κ2) is 9.51. The molecular weight excluding hydrogens is 499 g/mol. The molecule has 1 aliphatic carbocycles. The lowest BCUT2D eigenvalue weighted by atomic mass is 9.53. The Morgan fingerprint density at radius 1 is 1.03 bits per heavy atom. The first-order chi connectivity index (χ1) is 16.8. The van der Waals surface area contributed by atoms with Crippen LogP contribution in [0, 0.1) is 22.7 Å². The maximum absolute atomic E-state index is 13.7. The number of nitriles is 1. The molecule has 6 heteroatoms. The van der Waals surface area contributed by atoms with Gasteiger partial charge in [-0.2, -0.15) is 5.26 Å². The molecule has 3 aromatic rings. The molecule has 2 fully saturated rings. The first-order valence-corrected chi connectivity index (χ1v) is 13.0. The summed E-state index contributed by atoms with van der Waals surface area (Å²) in [5, 5.41) is 14.9. The molecule has 1 saturated carbocycles. The van der Waals surface area contributed by atoms with Crippen LogP contribution in [0.3, 0.4) is 0 Å². The summed E-state index contributed by atoms with van der Waals surface area (Å²) in [6, 6.07) is 23.5. The van der Waals surface area contributed by atoms with E-state index in [1.165, 1.54) is 0 Å². The molecule has 1 aliphatic heterocycles. The van der Waals surface area contributed by atoms with E-state index in [-0.39, 0.29) is 29.7 Å².